The minimum atomic E-state index is 0.804. The zero-order valence-corrected chi connectivity index (χ0v) is 12.4. The van der Waals surface area contributed by atoms with E-state index in [1.54, 1.807) is 6.08 Å². The van der Waals surface area contributed by atoms with Crippen LogP contribution >= 0.6 is 11.8 Å². The van der Waals surface area contributed by atoms with Crippen molar-refractivity contribution >= 4 is 11.8 Å². The molecule has 0 aromatic carbocycles. The van der Waals surface area contributed by atoms with E-state index in [2.05, 4.69) is 31.6 Å². The Morgan fingerprint density at radius 1 is 1.17 bits per heavy atom. The summed E-state index contributed by atoms with van der Waals surface area (Å²) in [4.78, 5) is 0. The fraction of sp³-hybridized carbons (Fsp3) is 0.529. The Kier molecular flexibility index (Phi) is 7.91. The predicted molar refractivity (Wildman–Crippen MR) is 85.8 cm³/mol. The minimum Gasteiger partial charge on any atom is -0.134 e. The Bertz CT molecular complexity index is 304. The third-order valence-corrected chi connectivity index (χ3v) is 4.54. The SMILES string of the molecule is C=C/C=C\C=C\SCCC1CCC(C(=C)C)CC1. The molecular weight excluding hydrogens is 236 g/mol. The van der Waals surface area contributed by atoms with Crippen LogP contribution in [-0.2, 0) is 0 Å². The Labute approximate surface area is 117 Å². The molecule has 0 unspecified atom stereocenters. The van der Waals surface area contributed by atoms with Crippen molar-refractivity contribution in [3.05, 3.63) is 48.4 Å². The molecule has 0 amide bonds. The van der Waals surface area contributed by atoms with Gasteiger partial charge in [-0.3, -0.25) is 0 Å². The lowest BCUT2D eigenvalue weighted by Crippen LogP contribution is -2.15. The first-order valence-corrected chi connectivity index (χ1v) is 8.00. The second-order valence-electron chi connectivity index (χ2n) is 5.17. The lowest BCUT2D eigenvalue weighted by Gasteiger charge is -2.28. The second kappa shape index (κ2) is 9.27. The van der Waals surface area contributed by atoms with Crippen molar-refractivity contribution in [1.29, 1.82) is 0 Å². The molecule has 0 aliphatic heterocycles. The molecule has 0 spiro atoms. The van der Waals surface area contributed by atoms with E-state index in [9.17, 15) is 0 Å². The number of hydrogen-bond acceptors (Lipinski definition) is 1. The molecular formula is C17H26S. The summed E-state index contributed by atoms with van der Waals surface area (Å²) in [5, 5.41) is 2.18. The van der Waals surface area contributed by atoms with Crippen LogP contribution in [0.2, 0.25) is 0 Å². The molecule has 1 heteroatoms. The molecule has 0 heterocycles. The van der Waals surface area contributed by atoms with Gasteiger partial charge < -0.3 is 0 Å². The smallest absolute Gasteiger partial charge is 0.00233 e. The van der Waals surface area contributed by atoms with E-state index in [0.29, 0.717) is 0 Å². The van der Waals surface area contributed by atoms with Gasteiger partial charge in [0.15, 0.2) is 0 Å². The average molecular weight is 262 g/mol. The van der Waals surface area contributed by atoms with Crippen LogP contribution in [0.25, 0.3) is 0 Å². The fourth-order valence-corrected chi connectivity index (χ4v) is 3.30. The van der Waals surface area contributed by atoms with E-state index in [1.807, 2.05) is 23.9 Å². The molecule has 1 fully saturated rings. The van der Waals surface area contributed by atoms with Gasteiger partial charge in [-0.15, -0.1) is 11.8 Å². The maximum absolute atomic E-state index is 4.09. The summed E-state index contributed by atoms with van der Waals surface area (Å²) in [6, 6.07) is 0. The van der Waals surface area contributed by atoms with Crippen molar-refractivity contribution in [3.63, 3.8) is 0 Å². The highest BCUT2D eigenvalue weighted by Gasteiger charge is 2.20. The second-order valence-corrected chi connectivity index (χ2v) is 6.19. The van der Waals surface area contributed by atoms with E-state index >= 15 is 0 Å². The van der Waals surface area contributed by atoms with Crippen molar-refractivity contribution in [2.75, 3.05) is 5.75 Å². The highest BCUT2D eigenvalue weighted by Crippen LogP contribution is 2.34. The van der Waals surface area contributed by atoms with Crippen molar-refractivity contribution in [2.45, 2.75) is 39.0 Å². The normalized spacial score (nSPS) is 24.7. The first-order valence-electron chi connectivity index (χ1n) is 6.95. The van der Waals surface area contributed by atoms with Gasteiger partial charge in [-0.2, -0.15) is 0 Å². The van der Waals surface area contributed by atoms with Crippen LogP contribution in [0.15, 0.2) is 48.4 Å². The van der Waals surface area contributed by atoms with Gasteiger partial charge in [-0.1, -0.05) is 43.0 Å². The number of rotatable bonds is 7. The van der Waals surface area contributed by atoms with Crippen LogP contribution in [0.4, 0.5) is 0 Å². The number of thioether (sulfide) groups is 1. The Hall–Kier alpha value is -0.690. The molecule has 1 aliphatic carbocycles. The van der Waals surface area contributed by atoms with Crippen LogP contribution in [-0.4, -0.2) is 5.75 Å². The van der Waals surface area contributed by atoms with Gasteiger partial charge in [0.25, 0.3) is 0 Å². The maximum atomic E-state index is 4.09. The summed E-state index contributed by atoms with van der Waals surface area (Å²) in [5.41, 5.74) is 1.39. The highest BCUT2D eigenvalue weighted by molar-refractivity contribution is 8.02. The zero-order valence-electron chi connectivity index (χ0n) is 11.6. The van der Waals surface area contributed by atoms with Gasteiger partial charge in [-0.05, 0) is 62.0 Å². The quantitative estimate of drug-likeness (QED) is 0.320. The standard InChI is InChI=1S/C17H26S/c1-4-5-6-7-13-18-14-12-16-8-10-17(11-9-16)15(2)3/h4-7,13,16-17H,1-2,8-12,14H2,3H3/b6-5-,13-7+. The highest BCUT2D eigenvalue weighted by atomic mass is 32.2. The van der Waals surface area contributed by atoms with Gasteiger partial charge in [0, 0.05) is 0 Å². The van der Waals surface area contributed by atoms with E-state index in [-0.39, 0.29) is 0 Å². The molecule has 1 saturated carbocycles. The van der Waals surface area contributed by atoms with Crippen molar-refractivity contribution in [3.8, 4) is 0 Å². The Morgan fingerprint density at radius 2 is 1.89 bits per heavy atom. The largest absolute Gasteiger partial charge is 0.134 e. The molecule has 0 N–H and O–H groups in total. The number of allylic oxidation sites excluding steroid dienone is 5. The fourth-order valence-electron chi connectivity index (χ4n) is 2.49. The van der Waals surface area contributed by atoms with Crippen molar-refractivity contribution in [1.82, 2.24) is 0 Å². The van der Waals surface area contributed by atoms with E-state index < -0.39 is 0 Å². The first-order chi connectivity index (χ1) is 8.74. The predicted octanol–water partition coefficient (Wildman–Crippen LogP) is 5.75. The Morgan fingerprint density at radius 3 is 2.50 bits per heavy atom. The third kappa shape index (κ3) is 6.30. The summed E-state index contributed by atoms with van der Waals surface area (Å²) in [6.07, 6.45) is 14.8. The molecule has 0 aromatic rings. The van der Waals surface area contributed by atoms with Gasteiger partial charge in [0.2, 0.25) is 0 Å². The maximum Gasteiger partial charge on any atom is -0.00233 e. The zero-order chi connectivity index (χ0) is 13.2. The molecule has 18 heavy (non-hydrogen) atoms. The van der Waals surface area contributed by atoms with Gasteiger partial charge >= 0.3 is 0 Å². The third-order valence-electron chi connectivity index (χ3n) is 3.72. The van der Waals surface area contributed by atoms with Crippen LogP contribution in [0.1, 0.15) is 39.0 Å². The van der Waals surface area contributed by atoms with Crippen LogP contribution in [0, 0.1) is 11.8 Å². The summed E-state index contributed by atoms with van der Waals surface area (Å²) in [5.74, 6) is 3.00. The molecule has 0 nitrogen and oxygen atoms in total. The van der Waals surface area contributed by atoms with Crippen LogP contribution in [0.3, 0.4) is 0 Å². The van der Waals surface area contributed by atoms with Crippen molar-refractivity contribution < 1.29 is 0 Å². The van der Waals surface area contributed by atoms with Gasteiger partial charge in [0.05, 0.1) is 0 Å². The molecule has 0 saturated heterocycles. The summed E-state index contributed by atoms with van der Waals surface area (Å²) >= 11 is 1.92. The van der Waals surface area contributed by atoms with Gasteiger partial charge in [-0.25, -0.2) is 0 Å². The minimum absolute atomic E-state index is 0.804. The number of hydrogen-bond donors (Lipinski definition) is 0. The molecule has 0 atom stereocenters. The summed E-state index contributed by atoms with van der Waals surface area (Å²) in [6.45, 7) is 9.91. The van der Waals surface area contributed by atoms with Crippen molar-refractivity contribution in [2.24, 2.45) is 11.8 Å². The first kappa shape index (κ1) is 15.4. The van der Waals surface area contributed by atoms with Crippen LogP contribution in [0.5, 0.6) is 0 Å². The molecule has 1 aliphatic rings. The lowest BCUT2D eigenvalue weighted by molar-refractivity contribution is 0.297. The van der Waals surface area contributed by atoms with E-state index in [0.717, 1.165) is 11.8 Å². The lowest BCUT2D eigenvalue weighted by atomic mass is 9.78. The van der Waals surface area contributed by atoms with E-state index in [4.69, 9.17) is 0 Å². The molecule has 0 aromatic heterocycles. The monoisotopic (exact) mass is 262 g/mol. The molecule has 1 rings (SSSR count). The van der Waals surface area contributed by atoms with E-state index in [1.165, 1.54) is 43.4 Å². The summed E-state index contributed by atoms with van der Waals surface area (Å²) in [7, 11) is 0. The Balaban J connectivity index is 2.07. The summed E-state index contributed by atoms with van der Waals surface area (Å²) < 4.78 is 0. The topological polar surface area (TPSA) is 0 Å². The van der Waals surface area contributed by atoms with Crippen LogP contribution < -0.4 is 0 Å². The molecule has 0 radical (unpaired) electrons. The molecule has 100 valence electrons. The average Bonchev–Trinajstić information content (AvgIpc) is 2.38. The molecule has 0 bridgehead atoms. The van der Waals surface area contributed by atoms with Gasteiger partial charge in [0.1, 0.15) is 0 Å².